The van der Waals surface area contributed by atoms with Crippen molar-refractivity contribution in [1.82, 2.24) is 5.32 Å². The van der Waals surface area contributed by atoms with Crippen molar-refractivity contribution in [2.75, 3.05) is 18.5 Å². The van der Waals surface area contributed by atoms with Crippen molar-refractivity contribution in [2.24, 2.45) is 0 Å². The normalized spacial score (nSPS) is 10.2. The predicted octanol–water partition coefficient (Wildman–Crippen LogP) is 3.73. The lowest BCUT2D eigenvalue weighted by atomic mass is 10.1. The Morgan fingerprint density at radius 3 is 2.70 bits per heavy atom. The number of amides is 2. The average Bonchev–Trinajstić information content (AvgIpc) is 2.54. The van der Waals surface area contributed by atoms with Crippen LogP contribution in [0.15, 0.2) is 42.5 Å². The van der Waals surface area contributed by atoms with Gasteiger partial charge >= 0.3 is 6.03 Å². The first kappa shape index (κ1) is 16.7. The molecule has 0 aliphatic heterocycles. The zero-order valence-corrected chi connectivity index (χ0v) is 12.7. The maximum Gasteiger partial charge on any atom is 0.319 e. The van der Waals surface area contributed by atoms with E-state index in [2.05, 4.69) is 10.6 Å². The van der Waals surface area contributed by atoms with Crippen molar-refractivity contribution < 1.29 is 18.3 Å². The number of urea groups is 1. The maximum atomic E-state index is 13.4. The van der Waals surface area contributed by atoms with E-state index in [1.807, 2.05) is 31.2 Å². The number of hydrogen-bond donors (Lipinski definition) is 2. The lowest BCUT2D eigenvalue weighted by Crippen LogP contribution is -2.32. The number of aryl methyl sites for hydroxylation is 1. The molecular formula is C17H18F2N2O2. The van der Waals surface area contributed by atoms with Gasteiger partial charge < -0.3 is 15.4 Å². The van der Waals surface area contributed by atoms with Gasteiger partial charge in [-0.05, 0) is 30.2 Å². The molecule has 122 valence electrons. The second-order valence-electron chi connectivity index (χ2n) is 4.81. The zero-order valence-electron chi connectivity index (χ0n) is 12.7. The van der Waals surface area contributed by atoms with Crippen LogP contribution in [0.3, 0.4) is 0 Å². The number of carbonyl (C=O) groups is 1. The molecular weight excluding hydrogens is 302 g/mol. The molecule has 0 radical (unpaired) electrons. The van der Waals surface area contributed by atoms with Crippen molar-refractivity contribution in [3.8, 4) is 5.75 Å². The molecule has 4 nitrogen and oxygen atoms in total. The molecule has 0 aromatic heterocycles. The molecule has 0 saturated carbocycles. The Balaban J connectivity index is 1.76. The Labute approximate surface area is 133 Å². The molecule has 2 rings (SSSR count). The molecule has 0 saturated heterocycles. The Bertz CT molecular complexity index is 677. The lowest BCUT2D eigenvalue weighted by molar-refractivity contribution is 0.247. The number of hydrogen-bond acceptors (Lipinski definition) is 2. The van der Waals surface area contributed by atoms with Gasteiger partial charge in [0, 0.05) is 6.07 Å². The third-order valence-electron chi connectivity index (χ3n) is 3.18. The number of para-hydroxylation sites is 1. The summed E-state index contributed by atoms with van der Waals surface area (Å²) in [7, 11) is 0. The van der Waals surface area contributed by atoms with Gasteiger partial charge in [0.15, 0.2) is 0 Å². The van der Waals surface area contributed by atoms with E-state index in [1.165, 1.54) is 0 Å². The van der Waals surface area contributed by atoms with E-state index < -0.39 is 17.7 Å². The van der Waals surface area contributed by atoms with Crippen molar-refractivity contribution in [3.05, 3.63) is 59.7 Å². The third kappa shape index (κ3) is 4.95. The van der Waals surface area contributed by atoms with Crippen LogP contribution >= 0.6 is 0 Å². The minimum absolute atomic E-state index is 0.0823. The number of nitrogens with one attached hydrogen (secondary N) is 2. The number of anilines is 1. The van der Waals surface area contributed by atoms with E-state index in [0.717, 1.165) is 29.9 Å². The van der Waals surface area contributed by atoms with Crippen molar-refractivity contribution in [1.29, 1.82) is 0 Å². The summed E-state index contributed by atoms with van der Waals surface area (Å²) < 4.78 is 31.8. The van der Waals surface area contributed by atoms with Gasteiger partial charge in [0.25, 0.3) is 0 Å². The van der Waals surface area contributed by atoms with Crippen LogP contribution in [0.4, 0.5) is 19.3 Å². The first-order valence-corrected chi connectivity index (χ1v) is 7.30. The van der Waals surface area contributed by atoms with Crippen LogP contribution in [0, 0.1) is 11.6 Å². The minimum atomic E-state index is -0.826. The Kier molecular flexibility index (Phi) is 5.91. The van der Waals surface area contributed by atoms with E-state index in [1.54, 1.807) is 0 Å². The van der Waals surface area contributed by atoms with Gasteiger partial charge in [0.1, 0.15) is 24.0 Å². The van der Waals surface area contributed by atoms with Gasteiger partial charge in [-0.1, -0.05) is 25.1 Å². The van der Waals surface area contributed by atoms with Crippen molar-refractivity contribution >= 4 is 11.7 Å². The molecule has 2 aromatic rings. The predicted molar refractivity (Wildman–Crippen MR) is 84.7 cm³/mol. The van der Waals surface area contributed by atoms with Crippen LogP contribution < -0.4 is 15.4 Å². The summed E-state index contributed by atoms with van der Waals surface area (Å²) in [5, 5.41) is 4.86. The van der Waals surface area contributed by atoms with E-state index in [9.17, 15) is 13.6 Å². The van der Waals surface area contributed by atoms with Gasteiger partial charge in [0.05, 0.1) is 12.2 Å². The molecule has 6 heteroatoms. The highest BCUT2D eigenvalue weighted by Gasteiger charge is 2.07. The monoisotopic (exact) mass is 320 g/mol. The van der Waals surface area contributed by atoms with E-state index in [0.29, 0.717) is 6.07 Å². The summed E-state index contributed by atoms with van der Waals surface area (Å²) >= 11 is 0. The third-order valence-corrected chi connectivity index (χ3v) is 3.18. The smallest absolute Gasteiger partial charge is 0.319 e. The molecule has 0 aliphatic carbocycles. The Morgan fingerprint density at radius 2 is 1.96 bits per heavy atom. The standard InChI is InChI=1S/C17H18F2N2O2/c1-2-12-5-3-4-6-16(12)23-10-9-20-17(22)21-15-8-7-13(18)11-14(15)19/h3-8,11H,2,9-10H2,1H3,(H2,20,21,22). The SMILES string of the molecule is CCc1ccccc1OCCNC(=O)Nc1ccc(F)cc1F. The van der Waals surface area contributed by atoms with E-state index in [-0.39, 0.29) is 18.8 Å². The van der Waals surface area contributed by atoms with Gasteiger partial charge in [-0.3, -0.25) is 0 Å². The highest BCUT2D eigenvalue weighted by atomic mass is 19.1. The molecule has 0 spiro atoms. The molecule has 0 atom stereocenters. The fraction of sp³-hybridized carbons (Fsp3) is 0.235. The number of halogens is 2. The lowest BCUT2D eigenvalue weighted by Gasteiger charge is -2.11. The second kappa shape index (κ2) is 8.12. The van der Waals surface area contributed by atoms with Crippen LogP contribution in [0.5, 0.6) is 5.75 Å². The summed E-state index contributed by atoms with van der Waals surface area (Å²) in [5.74, 6) is -0.744. The highest BCUT2D eigenvalue weighted by Crippen LogP contribution is 2.18. The number of rotatable bonds is 6. The molecule has 0 heterocycles. The molecule has 0 fully saturated rings. The first-order chi connectivity index (χ1) is 11.1. The van der Waals surface area contributed by atoms with Gasteiger partial charge in [-0.25, -0.2) is 13.6 Å². The molecule has 0 bridgehead atoms. The molecule has 2 N–H and O–H groups in total. The molecule has 0 unspecified atom stereocenters. The topological polar surface area (TPSA) is 50.4 Å². The van der Waals surface area contributed by atoms with Gasteiger partial charge in [-0.2, -0.15) is 0 Å². The fourth-order valence-electron chi connectivity index (χ4n) is 2.02. The Hall–Kier alpha value is -2.63. The summed E-state index contributed by atoms with van der Waals surface area (Å²) in [6, 6.07) is 10.0. The van der Waals surface area contributed by atoms with Crippen LogP contribution in [-0.4, -0.2) is 19.2 Å². The van der Waals surface area contributed by atoms with E-state index >= 15 is 0 Å². The highest BCUT2D eigenvalue weighted by molar-refractivity contribution is 5.89. The molecule has 2 amide bonds. The molecule has 23 heavy (non-hydrogen) atoms. The average molecular weight is 320 g/mol. The summed E-state index contributed by atoms with van der Waals surface area (Å²) in [5.41, 5.74) is 1.01. The first-order valence-electron chi connectivity index (χ1n) is 7.30. The number of carbonyl (C=O) groups excluding carboxylic acids is 1. The quantitative estimate of drug-likeness (QED) is 0.797. The fourth-order valence-corrected chi connectivity index (χ4v) is 2.02. The number of benzene rings is 2. The number of ether oxygens (including phenoxy) is 1. The minimum Gasteiger partial charge on any atom is -0.491 e. The Morgan fingerprint density at radius 1 is 1.17 bits per heavy atom. The van der Waals surface area contributed by atoms with Gasteiger partial charge in [-0.15, -0.1) is 0 Å². The maximum absolute atomic E-state index is 13.4. The van der Waals surface area contributed by atoms with Crippen molar-refractivity contribution in [3.63, 3.8) is 0 Å². The van der Waals surface area contributed by atoms with E-state index in [4.69, 9.17) is 4.74 Å². The van der Waals surface area contributed by atoms with Crippen LogP contribution in [-0.2, 0) is 6.42 Å². The van der Waals surface area contributed by atoms with Crippen LogP contribution in [0.1, 0.15) is 12.5 Å². The summed E-state index contributed by atoms with van der Waals surface area (Å²) in [6.45, 7) is 2.58. The largest absolute Gasteiger partial charge is 0.491 e. The second-order valence-corrected chi connectivity index (χ2v) is 4.81. The van der Waals surface area contributed by atoms with Crippen LogP contribution in [0.25, 0.3) is 0 Å². The van der Waals surface area contributed by atoms with Crippen LogP contribution in [0.2, 0.25) is 0 Å². The molecule has 2 aromatic carbocycles. The van der Waals surface area contributed by atoms with Crippen molar-refractivity contribution in [2.45, 2.75) is 13.3 Å². The summed E-state index contributed by atoms with van der Waals surface area (Å²) in [6.07, 6.45) is 0.855. The summed E-state index contributed by atoms with van der Waals surface area (Å²) in [4.78, 5) is 11.6. The van der Waals surface area contributed by atoms with Gasteiger partial charge in [0.2, 0.25) is 0 Å². The zero-order chi connectivity index (χ0) is 16.7. The molecule has 0 aliphatic rings.